The van der Waals surface area contributed by atoms with Gasteiger partial charge in [0.25, 0.3) is 10.1 Å². The van der Waals surface area contributed by atoms with Crippen LogP contribution in [0.3, 0.4) is 0 Å². The summed E-state index contributed by atoms with van der Waals surface area (Å²) in [5.41, 5.74) is 4.10. The van der Waals surface area contributed by atoms with E-state index < -0.39 is 10.1 Å². The van der Waals surface area contributed by atoms with Gasteiger partial charge in [-0.25, -0.2) is 0 Å². The summed E-state index contributed by atoms with van der Waals surface area (Å²) in [7, 11) is -3.84. The largest absolute Gasteiger partial charge is 0.489 e. The topological polar surface area (TPSA) is 52.6 Å². The van der Waals surface area contributed by atoms with Crippen LogP contribution >= 0.6 is 15.9 Å². The normalized spacial score (nSPS) is 12.3. The number of aryl methyl sites for hydroxylation is 1. The molecule has 0 saturated heterocycles. The quantitative estimate of drug-likeness (QED) is 0.195. The minimum Gasteiger partial charge on any atom is -0.489 e. The lowest BCUT2D eigenvalue weighted by molar-refractivity contribution is 0.292. The van der Waals surface area contributed by atoms with E-state index in [4.69, 9.17) is 8.92 Å². The molecule has 0 radical (unpaired) electrons. The summed E-state index contributed by atoms with van der Waals surface area (Å²) in [6.07, 6.45) is 0.466. The molecule has 1 unspecified atom stereocenters. The van der Waals surface area contributed by atoms with Gasteiger partial charge in [0.2, 0.25) is 0 Å². The second-order valence-corrected chi connectivity index (χ2v) is 10.8. The molecule has 0 amide bonds. The number of hydrogen-bond donors (Lipinski definition) is 0. The molecule has 0 aliphatic rings. The lowest BCUT2D eigenvalue weighted by Gasteiger charge is -2.22. The Morgan fingerprint density at radius 2 is 1.49 bits per heavy atom. The number of halogens is 1. The van der Waals surface area contributed by atoms with Crippen LogP contribution in [0.2, 0.25) is 0 Å². The van der Waals surface area contributed by atoms with Crippen LogP contribution in [0.15, 0.2) is 112 Å². The number of benzene rings is 4. The maximum atomic E-state index is 12.7. The smallest absolute Gasteiger partial charge is 0.296 e. The maximum absolute atomic E-state index is 12.7. The van der Waals surface area contributed by atoms with Gasteiger partial charge >= 0.3 is 0 Å². The van der Waals surface area contributed by atoms with Gasteiger partial charge < -0.3 is 4.74 Å². The van der Waals surface area contributed by atoms with Crippen LogP contribution in [-0.2, 0) is 20.9 Å². The Labute approximate surface area is 215 Å². The van der Waals surface area contributed by atoms with E-state index in [-0.39, 0.29) is 17.4 Å². The SMILES string of the molecule is Cc1ccc(S(=O)(=O)OCCC(c2ccccc2)c2cc(Br)ccc2OCc2ccccc2)cc1. The molecule has 4 aromatic carbocycles. The molecular weight excluding hydrogens is 524 g/mol. The van der Waals surface area contributed by atoms with E-state index in [2.05, 4.69) is 15.9 Å². The van der Waals surface area contributed by atoms with Crippen molar-refractivity contribution in [3.8, 4) is 5.75 Å². The predicted molar refractivity (Wildman–Crippen MR) is 142 cm³/mol. The molecule has 180 valence electrons. The lowest BCUT2D eigenvalue weighted by atomic mass is 9.88. The fourth-order valence-corrected chi connectivity index (χ4v) is 5.19. The van der Waals surface area contributed by atoms with Gasteiger partial charge in [0, 0.05) is 16.0 Å². The van der Waals surface area contributed by atoms with Crippen LogP contribution in [0, 0.1) is 6.92 Å². The Kier molecular flexibility index (Phi) is 8.39. The highest BCUT2D eigenvalue weighted by atomic mass is 79.9. The van der Waals surface area contributed by atoms with E-state index in [1.807, 2.05) is 85.8 Å². The first-order chi connectivity index (χ1) is 16.9. The Morgan fingerprint density at radius 1 is 0.829 bits per heavy atom. The van der Waals surface area contributed by atoms with Crippen molar-refractivity contribution in [2.75, 3.05) is 6.61 Å². The molecule has 0 N–H and O–H groups in total. The van der Waals surface area contributed by atoms with Gasteiger partial charge in [-0.3, -0.25) is 4.18 Å². The zero-order valence-corrected chi connectivity index (χ0v) is 21.8. The van der Waals surface area contributed by atoms with Crippen molar-refractivity contribution in [3.05, 3.63) is 130 Å². The van der Waals surface area contributed by atoms with Gasteiger partial charge in [-0.15, -0.1) is 0 Å². The molecule has 6 heteroatoms. The van der Waals surface area contributed by atoms with Crippen molar-refractivity contribution >= 4 is 26.0 Å². The summed E-state index contributed by atoms with van der Waals surface area (Å²) >= 11 is 3.59. The summed E-state index contributed by atoms with van der Waals surface area (Å²) in [4.78, 5) is 0.161. The van der Waals surface area contributed by atoms with E-state index in [0.29, 0.717) is 13.0 Å². The molecule has 35 heavy (non-hydrogen) atoms. The van der Waals surface area contributed by atoms with Gasteiger partial charge in [-0.1, -0.05) is 94.3 Å². The Hall–Kier alpha value is -2.93. The van der Waals surface area contributed by atoms with Crippen molar-refractivity contribution in [2.24, 2.45) is 0 Å². The first kappa shape index (κ1) is 25.2. The Morgan fingerprint density at radius 3 is 2.17 bits per heavy atom. The highest BCUT2D eigenvalue weighted by Crippen LogP contribution is 2.37. The second-order valence-electron chi connectivity index (χ2n) is 8.30. The molecule has 4 rings (SSSR count). The van der Waals surface area contributed by atoms with Crippen molar-refractivity contribution < 1.29 is 17.3 Å². The van der Waals surface area contributed by atoms with E-state index in [0.717, 1.165) is 32.5 Å². The summed E-state index contributed by atoms with van der Waals surface area (Å²) in [5.74, 6) is 0.639. The molecule has 0 fully saturated rings. The van der Waals surface area contributed by atoms with Crippen molar-refractivity contribution in [1.82, 2.24) is 0 Å². The van der Waals surface area contributed by atoms with Gasteiger partial charge in [0.05, 0.1) is 11.5 Å². The molecular formula is C29H27BrO4S. The molecule has 0 bridgehead atoms. The van der Waals surface area contributed by atoms with Gasteiger partial charge in [-0.2, -0.15) is 8.42 Å². The summed E-state index contributed by atoms with van der Waals surface area (Å²) in [5, 5.41) is 0. The standard InChI is InChI=1S/C29H27BrO4S/c1-22-12-15-26(16-13-22)35(31,32)34-19-18-27(24-10-6-3-7-11-24)28-20-25(30)14-17-29(28)33-21-23-8-4-2-5-9-23/h2-17,20,27H,18-19,21H2,1H3. The number of hydrogen-bond acceptors (Lipinski definition) is 4. The molecule has 0 aromatic heterocycles. The Balaban J connectivity index is 1.57. The maximum Gasteiger partial charge on any atom is 0.296 e. The van der Waals surface area contributed by atoms with E-state index in [1.165, 1.54) is 0 Å². The van der Waals surface area contributed by atoms with E-state index in [9.17, 15) is 8.42 Å². The first-order valence-corrected chi connectivity index (χ1v) is 13.6. The third kappa shape index (κ3) is 6.82. The number of rotatable bonds is 10. The third-order valence-electron chi connectivity index (χ3n) is 5.74. The fraction of sp³-hybridized carbons (Fsp3) is 0.172. The van der Waals surface area contributed by atoms with Crippen molar-refractivity contribution in [1.29, 1.82) is 0 Å². The lowest BCUT2D eigenvalue weighted by Crippen LogP contribution is -2.12. The summed E-state index contributed by atoms with van der Waals surface area (Å²) in [6, 6.07) is 32.6. The zero-order chi connectivity index (χ0) is 24.7. The molecule has 0 saturated carbocycles. The first-order valence-electron chi connectivity index (χ1n) is 11.4. The monoisotopic (exact) mass is 550 g/mol. The highest BCUT2D eigenvalue weighted by Gasteiger charge is 2.22. The van der Waals surface area contributed by atoms with Crippen LogP contribution in [0.1, 0.15) is 34.6 Å². The second kappa shape index (κ2) is 11.7. The molecule has 0 heterocycles. The van der Waals surface area contributed by atoms with E-state index >= 15 is 0 Å². The minimum absolute atomic E-state index is 0.0421. The highest BCUT2D eigenvalue weighted by molar-refractivity contribution is 9.10. The van der Waals surface area contributed by atoms with Gasteiger partial charge in [0.1, 0.15) is 12.4 Å². The predicted octanol–water partition coefficient (Wildman–Crippen LogP) is 7.26. The molecule has 0 spiro atoms. The van der Waals surface area contributed by atoms with Crippen LogP contribution in [0.5, 0.6) is 5.75 Å². The molecule has 4 nitrogen and oxygen atoms in total. The minimum atomic E-state index is -3.84. The number of ether oxygens (including phenoxy) is 1. The Bertz CT molecular complexity index is 1340. The third-order valence-corrected chi connectivity index (χ3v) is 7.56. The van der Waals surface area contributed by atoms with Crippen LogP contribution in [-0.4, -0.2) is 15.0 Å². The summed E-state index contributed by atoms with van der Waals surface area (Å²) in [6.45, 7) is 2.40. The average molecular weight is 552 g/mol. The van der Waals surface area contributed by atoms with E-state index in [1.54, 1.807) is 24.3 Å². The van der Waals surface area contributed by atoms with Crippen molar-refractivity contribution in [3.63, 3.8) is 0 Å². The van der Waals surface area contributed by atoms with Crippen LogP contribution in [0.25, 0.3) is 0 Å². The van der Waals surface area contributed by atoms with Crippen molar-refractivity contribution in [2.45, 2.75) is 30.8 Å². The molecule has 4 aromatic rings. The average Bonchev–Trinajstić information content (AvgIpc) is 2.87. The fourth-order valence-electron chi connectivity index (χ4n) is 3.89. The van der Waals surface area contributed by atoms with Crippen LogP contribution in [0.4, 0.5) is 0 Å². The summed E-state index contributed by atoms with van der Waals surface area (Å²) < 4.78 is 38.0. The molecule has 0 aliphatic heterocycles. The zero-order valence-electron chi connectivity index (χ0n) is 19.4. The van der Waals surface area contributed by atoms with Crippen LogP contribution < -0.4 is 4.74 Å². The van der Waals surface area contributed by atoms with Gasteiger partial charge in [-0.05, 0) is 54.8 Å². The molecule has 1 atom stereocenters. The molecule has 0 aliphatic carbocycles. The van der Waals surface area contributed by atoms with Gasteiger partial charge in [0.15, 0.2) is 0 Å².